The molecule has 0 bridgehead atoms. The fraction of sp³-hybridized carbons (Fsp3) is 0.667. The van der Waals surface area contributed by atoms with E-state index in [1.165, 1.54) is 4.90 Å². The zero-order valence-corrected chi connectivity index (χ0v) is 10.7. The van der Waals surface area contributed by atoms with Gasteiger partial charge in [-0.3, -0.25) is 9.48 Å². The van der Waals surface area contributed by atoms with Crippen molar-refractivity contribution in [3.63, 3.8) is 0 Å². The summed E-state index contributed by atoms with van der Waals surface area (Å²) < 4.78 is 38.3. The summed E-state index contributed by atoms with van der Waals surface area (Å²) in [7, 11) is 1.79. The second kappa shape index (κ2) is 5.22. The Kier molecular flexibility index (Phi) is 3.82. The number of nitrogens with zero attached hydrogens (tertiary/aromatic N) is 3. The summed E-state index contributed by atoms with van der Waals surface area (Å²) in [4.78, 5) is 12.9. The lowest BCUT2D eigenvalue weighted by Crippen LogP contribution is -2.41. The Bertz CT molecular complexity index is 455. The largest absolute Gasteiger partial charge is 0.397 e. The summed E-state index contributed by atoms with van der Waals surface area (Å²) in [5.41, 5.74) is 0.840. The van der Waals surface area contributed by atoms with Crippen LogP contribution in [0.2, 0.25) is 0 Å². The normalized spacial score (nSPS) is 20.6. The zero-order valence-electron chi connectivity index (χ0n) is 10.7. The first-order valence-electron chi connectivity index (χ1n) is 6.19. The first-order valence-corrected chi connectivity index (χ1v) is 6.19. The number of amides is 1. The maximum absolute atomic E-state index is 12.2. The molecule has 0 aromatic carbocycles. The fourth-order valence-electron chi connectivity index (χ4n) is 2.38. The van der Waals surface area contributed by atoms with E-state index in [-0.39, 0.29) is 5.92 Å². The highest BCUT2D eigenvalue weighted by Gasteiger charge is 2.35. The Morgan fingerprint density at radius 1 is 1.53 bits per heavy atom. The van der Waals surface area contributed by atoms with Crippen LogP contribution in [0.5, 0.6) is 0 Å². The van der Waals surface area contributed by atoms with Crippen molar-refractivity contribution in [2.45, 2.75) is 31.4 Å². The standard InChI is InChI=1S/C12H16F3N3O/c1-17-6-4-10(16-17)9-3-2-5-18(8-9)11(19)7-12(13,14)15/h4,6,9H,2-3,5,7-8H2,1H3. The number of hydrogen-bond donors (Lipinski definition) is 0. The van der Waals surface area contributed by atoms with Gasteiger partial charge in [0.05, 0.1) is 5.69 Å². The number of carbonyl (C=O) groups excluding carboxylic acids is 1. The van der Waals surface area contributed by atoms with Crippen molar-refractivity contribution in [2.24, 2.45) is 7.05 Å². The maximum Gasteiger partial charge on any atom is 0.397 e. The number of carbonyl (C=O) groups is 1. The third-order valence-corrected chi connectivity index (χ3v) is 3.28. The summed E-state index contributed by atoms with van der Waals surface area (Å²) in [5.74, 6) is -0.805. The molecule has 0 radical (unpaired) electrons. The first-order chi connectivity index (χ1) is 8.85. The van der Waals surface area contributed by atoms with Crippen LogP contribution >= 0.6 is 0 Å². The number of likely N-dealkylation sites (tertiary alicyclic amines) is 1. The van der Waals surface area contributed by atoms with E-state index in [9.17, 15) is 18.0 Å². The molecule has 4 nitrogen and oxygen atoms in total. The van der Waals surface area contributed by atoms with Gasteiger partial charge in [0.2, 0.25) is 5.91 Å². The zero-order chi connectivity index (χ0) is 14.0. The molecule has 1 aliphatic heterocycles. The molecule has 1 unspecified atom stereocenters. The number of rotatable bonds is 2. The van der Waals surface area contributed by atoms with Gasteiger partial charge < -0.3 is 4.90 Å². The Labute approximate surface area is 109 Å². The second-order valence-corrected chi connectivity index (χ2v) is 4.89. The van der Waals surface area contributed by atoms with Crippen molar-refractivity contribution in [3.05, 3.63) is 18.0 Å². The molecule has 7 heteroatoms. The van der Waals surface area contributed by atoms with E-state index in [0.29, 0.717) is 19.5 Å². The van der Waals surface area contributed by atoms with E-state index < -0.39 is 18.5 Å². The van der Waals surface area contributed by atoms with Crippen molar-refractivity contribution in [2.75, 3.05) is 13.1 Å². The van der Waals surface area contributed by atoms with Crippen LogP contribution in [0.1, 0.15) is 30.9 Å². The quantitative estimate of drug-likeness (QED) is 0.828. The fourth-order valence-corrected chi connectivity index (χ4v) is 2.38. The SMILES string of the molecule is Cn1ccc(C2CCCN(C(=O)CC(F)(F)F)C2)n1. The molecular formula is C12H16F3N3O. The van der Waals surface area contributed by atoms with Crippen LogP contribution in [0.25, 0.3) is 0 Å². The number of alkyl halides is 3. The second-order valence-electron chi connectivity index (χ2n) is 4.89. The topological polar surface area (TPSA) is 38.1 Å². The van der Waals surface area contributed by atoms with E-state index in [1.54, 1.807) is 17.9 Å². The van der Waals surface area contributed by atoms with Crippen molar-refractivity contribution >= 4 is 5.91 Å². The van der Waals surface area contributed by atoms with Crippen molar-refractivity contribution in [1.82, 2.24) is 14.7 Å². The van der Waals surface area contributed by atoms with Crippen LogP contribution < -0.4 is 0 Å². The molecule has 0 saturated carbocycles. The smallest absolute Gasteiger partial charge is 0.342 e. The summed E-state index contributed by atoms with van der Waals surface area (Å²) in [6.07, 6.45) is -2.44. The summed E-state index contributed by atoms with van der Waals surface area (Å²) in [5, 5.41) is 4.26. The molecule has 1 amide bonds. The highest BCUT2D eigenvalue weighted by Crippen LogP contribution is 2.28. The van der Waals surface area contributed by atoms with Crippen LogP contribution in [0, 0.1) is 0 Å². The number of aromatic nitrogens is 2. The van der Waals surface area contributed by atoms with Gasteiger partial charge >= 0.3 is 6.18 Å². The number of aryl methyl sites for hydroxylation is 1. The molecule has 2 heterocycles. The van der Waals surface area contributed by atoms with Crippen LogP contribution in [-0.2, 0) is 11.8 Å². The maximum atomic E-state index is 12.2. The van der Waals surface area contributed by atoms with Crippen molar-refractivity contribution in [1.29, 1.82) is 0 Å². The van der Waals surface area contributed by atoms with Gasteiger partial charge in [-0.15, -0.1) is 0 Å². The van der Waals surface area contributed by atoms with Crippen molar-refractivity contribution in [3.8, 4) is 0 Å². The molecule has 1 fully saturated rings. The molecule has 106 valence electrons. The van der Waals surface area contributed by atoms with Crippen LogP contribution in [-0.4, -0.2) is 39.9 Å². The number of halogens is 3. The van der Waals surface area contributed by atoms with Gasteiger partial charge in [0.25, 0.3) is 0 Å². The lowest BCUT2D eigenvalue weighted by atomic mass is 9.95. The molecule has 0 aliphatic carbocycles. The van der Waals surface area contributed by atoms with Crippen LogP contribution in [0.15, 0.2) is 12.3 Å². The molecule has 19 heavy (non-hydrogen) atoms. The molecule has 2 rings (SSSR count). The van der Waals surface area contributed by atoms with Crippen LogP contribution in [0.4, 0.5) is 13.2 Å². The molecule has 1 atom stereocenters. The highest BCUT2D eigenvalue weighted by molar-refractivity contribution is 5.77. The van der Waals surface area contributed by atoms with Gasteiger partial charge in [0.15, 0.2) is 0 Å². The van der Waals surface area contributed by atoms with E-state index >= 15 is 0 Å². The average molecular weight is 275 g/mol. The summed E-state index contributed by atoms with van der Waals surface area (Å²) >= 11 is 0. The minimum Gasteiger partial charge on any atom is -0.342 e. The third kappa shape index (κ3) is 3.71. The third-order valence-electron chi connectivity index (χ3n) is 3.28. The van der Waals surface area contributed by atoms with Crippen molar-refractivity contribution < 1.29 is 18.0 Å². The average Bonchev–Trinajstić information content (AvgIpc) is 2.74. The van der Waals surface area contributed by atoms with Gasteiger partial charge in [0.1, 0.15) is 6.42 Å². The van der Waals surface area contributed by atoms with Gasteiger partial charge in [-0.1, -0.05) is 0 Å². The van der Waals surface area contributed by atoms with Gasteiger partial charge in [0, 0.05) is 32.3 Å². The summed E-state index contributed by atoms with van der Waals surface area (Å²) in [6.45, 7) is 0.726. The lowest BCUT2D eigenvalue weighted by molar-refractivity contribution is -0.162. The van der Waals surface area contributed by atoms with Gasteiger partial charge in [-0.05, 0) is 18.9 Å². The molecule has 1 aromatic rings. The molecule has 0 N–H and O–H groups in total. The lowest BCUT2D eigenvalue weighted by Gasteiger charge is -2.32. The number of hydrogen-bond acceptors (Lipinski definition) is 2. The summed E-state index contributed by atoms with van der Waals surface area (Å²) in [6, 6.07) is 1.85. The predicted octanol–water partition coefficient (Wildman–Crippen LogP) is 2.08. The Morgan fingerprint density at radius 2 is 2.26 bits per heavy atom. The molecule has 0 spiro atoms. The van der Waals surface area contributed by atoms with E-state index in [4.69, 9.17) is 0 Å². The Hall–Kier alpha value is -1.53. The monoisotopic (exact) mass is 275 g/mol. The van der Waals surface area contributed by atoms with Gasteiger partial charge in [-0.25, -0.2) is 0 Å². The molecule has 1 saturated heterocycles. The molecule has 1 aliphatic rings. The van der Waals surface area contributed by atoms with Crippen LogP contribution in [0.3, 0.4) is 0 Å². The first kappa shape index (κ1) is 13.9. The van der Waals surface area contributed by atoms with E-state index in [0.717, 1.165) is 12.1 Å². The molecular weight excluding hydrogens is 259 g/mol. The molecule has 1 aromatic heterocycles. The minimum absolute atomic E-state index is 0.0344. The van der Waals surface area contributed by atoms with E-state index in [2.05, 4.69) is 5.10 Å². The van der Waals surface area contributed by atoms with E-state index in [1.807, 2.05) is 6.07 Å². The Morgan fingerprint density at radius 3 is 2.84 bits per heavy atom. The number of piperidine rings is 1. The highest BCUT2D eigenvalue weighted by atomic mass is 19.4. The van der Waals surface area contributed by atoms with Gasteiger partial charge in [-0.2, -0.15) is 18.3 Å². The minimum atomic E-state index is -4.44. The Balaban J connectivity index is 1.99. The predicted molar refractivity (Wildman–Crippen MR) is 62.4 cm³/mol.